The van der Waals surface area contributed by atoms with Crippen LogP contribution in [0.1, 0.15) is 18.9 Å². The minimum Gasteiger partial charge on any atom is -0.319 e. The molecule has 1 aromatic carbocycles. The predicted octanol–water partition coefficient (Wildman–Crippen LogP) is -0.166. The Morgan fingerprint density at radius 1 is 1.35 bits per heavy atom. The van der Waals surface area contributed by atoms with E-state index < -0.39 is 29.9 Å². The molecular weight excluding hydrogens is 260 g/mol. The normalized spacial score (nSPS) is 21.8. The Morgan fingerprint density at radius 2 is 2.00 bits per heavy atom. The summed E-state index contributed by atoms with van der Waals surface area (Å²) in [6.45, 7) is 1.41. The van der Waals surface area contributed by atoms with Crippen LogP contribution in [0.3, 0.4) is 0 Å². The Labute approximate surface area is 116 Å². The van der Waals surface area contributed by atoms with Crippen molar-refractivity contribution < 1.29 is 14.4 Å². The Kier molecular flexibility index (Phi) is 3.71. The number of nitrogens with two attached hydrogens (primary N) is 1. The molecule has 1 heterocycles. The molecule has 0 saturated carbocycles. The number of nitrogens with zero attached hydrogens (tertiary/aromatic N) is 1. The summed E-state index contributed by atoms with van der Waals surface area (Å²) in [7, 11) is 0. The van der Waals surface area contributed by atoms with E-state index >= 15 is 0 Å². The maximum atomic E-state index is 12.5. The van der Waals surface area contributed by atoms with Gasteiger partial charge in [0.2, 0.25) is 0 Å². The third-order valence-corrected chi connectivity index (χ3v) is 3.44. The van der Waals surface area contributed by atoms with Crippen LogP contribution in [-0.4, -0.2) is 29.3 Å². The van der Waals surface area contributed by atoms with Gasteiger partial charge in [0.05, 0.1) is 0 Å². The average molecular weight is 276 g/mol. The third-order valence-electron chi connectivity index (χ3n) is 3.44. The second-order valence-corrected chi connectivity index (χ2v) is 4.51. The highest BCUT2D eigenvalue weighted by Gasteiger charge is 2.51. The molecule has 0 bridgehead atoms. The zero-order chi connectivity index (χ0) is 14.8. The molecule has 7 heteroatoms. The van der Waals surface area contributed by atoms with Crippen molar-refractivity contribution in [2.75, 3.05) is 6.54 Å². The standard InChI is InChI=1S/C13H16N4O3/c1-2-13(9-6-4-3-5-7-9)11(19)17(12(20)15-13)8-10(18)16-14/h3-7H,2,8,14H2,1H3,(H,15,20)(H,16,18). The van der Waals surface area contributed by atoms with Gasteiger partial charge in [0, 0.05) is 0 Å². The summed E-state index contributed by atoms with van der Waals surface area (Å²) in [5, 5.41) is 2.68. The molecule has 2 rings (SSSR count). The summed E-state index contributed by atoms with van der Waals surface area (Å²) in [5.41, 5.74) is 1.48. The first kappa shape index (κ1) is 14.0. The van der Waals surface area contributed by atoms with E-state index in [4.69, 9.17) is 5.84 Å². The number of benzene rings is 1. The number of hydrogen-bond donors (Lipinski definition) is 3. The Balaban J connectivity index is 2.36. The summed E-state index contributed by atoms with van der Waals surface area (Å²) < 4.78 is 0. The Morgan fingerprint density at radius 3 is 2.55 bits per heavy atom. The van der Waals surface area contributed by atoms with E-state index in [-0.39, 0.29) is 0 Å². The van der Waals surface area contributed by atoms with Gasteiger partial charge in [-0.25, -0.2) is 10.6 Å². The zero-order valence-corrected chi connectivity index (χ0v) is 11.1. The Hall–Kier alpha value is -2.41. The van der Waals surface area contributed by atoms with Gasteiger partial charge in [0.1, 0.15) is 12.1 Å². The minimum atomic E-state index is -1.12. The molecule has 1 unspecified atom stereocenters. The first-order chi connectivity index (χ1) is 9.55. The molecule has 1 fully saturated rings. The quantitative estimate of drug-likeness (QED) is 0.307. The molecule has 4 N–H and O–H groups in total. The van der Waals surface area contributed by atoms with Crippen molar-refractivity contribution in [1.29, 1.82) is 0 Å². The summed E-state index contributed by atoms with van der Waals surface area (Å²) >= 11 is 0. The second kappa shape index (κ2) is 5.30. The van der Waals surface area contributed by atoms with Gasteiger partial charge < -0.3 is 5.32 Å². The number of hydrazine groups is 1. The van der Waals surface area contributed by atoms with Gasteiger partial charge in [0.15, 0.2) is 0 Å². The third kappa shape index (κ3) is 2.12. The first-order valence-corrected chi connectivity index (χ1v) is 6.24. The number of carbonyl (C=O) groups is 3. The highest BCUT2D eigenvalue weighted by Crippen LogP contribution is 2.31. The molecule has 7 nitrogen and oxygen atoms in total. The van der Waals surface area contributed by atoms with Crippen LogP contribution in [0, 0.1) is 0 Å². The number of urea groups is 1. The van der Waals surface area contributed by atoms with E-state index in [2.05, 4.69) is 5.32 Å². The highest BCUT2D eigenvalue weighted by molar-refractivity contribution is 6.09. The molecule has 20 heavy (non-hydrogen) atoms. The van der Waals surface area contributed by atoms with Crippen molar-refractivity contribution >= 4 is 17.8 Å². The van der Waals surface area contributed by atoms with Crippen molar-refractivity contribution in [3.63, 3.8) is 0 Å². The van der Waals surface area contributed by atoms with Crippen LogP contribution in [-0.2, 0) is 15.1 Å². The van der Waals surface area contributed by atoms with Crippen molar-refractivity contribution in [2.24, 2.45) is 5.84 Å². The molecule has 0 aromatic heterocycles. The van der Waals surface area contributed by atoms with E-state index in [1.165, 1.54) is 0 Å². The van der Waals surface area contributed by atoms with Crippen molar-refractivity contribution in [3.8, 4) is 0 Å². The van der Waals surface area contributed by atoms with E-state index in [0.717, 1.165) is 4.90 Å². The van der Waals surface area contributed by atoms with Crippen molar-refractivity contribution in [2.45, 2.75) is 18.9 Å². The van der Waals surface area contributed by atoms with Crippen LogP contribution in [0.15, 0.2) is 30.3 Å². The molecular formula is C13H16N4O3. The fraction of sp³-hybridized carbons (Fsp3) is 0.308. The van der Waals surface area contributed by atoms with E-state index in [0.29, 0.717) is 12.0 Å². The van der Waals surface area contributed by atoms with E-state index in [1.807, 2.05) is 11.5 Å². The van der Waals surface area contributed by atoms with Gasteiger partial charge in [0.25, 0.3) is 11.8 Å². The lowest BCUT2D eigenvalue weighted by Gasteiger charge is -2.25. The van der Waals surface area contributed by atoms with Gasteiger partial charge >= 0.3 is 6.03 Å². The predicted molar refractivity (Wildman–Crippen MR) is 71.0 cm³/mol. The summed E-state index contributed by atoms with van der Waals surface area (Å²) in [6, 6.07) is 8.36. The van der Waals surface area contributed by atoms with Crippen molar-refractivity contribution in [3.05, 3.63) is 35.9 Å². The van der Waals surface area contributed by atoms with Gasteiger partial charge in [-0.3, -0.25) is 19.9 Å². The molecule has 1 aliphatic rings. The maximum absolute atomic E-state index is 12.5. The molecule has 4 amide bonds. The zero-order valence-electron chi connectivity index (χ0n) is 11.1. The molecule has 106 valence electrons. The smallest absolute Gasteiger partial charge is 0.319 e. The van der Waals surface area contributed by atoms with Gasteiger partial charge in [-0.05, 0) is 12.0 Å². The monoisotopic (exact) mass is 276 g/mol. The van der Waals surface area contributed by atoms with Crippen LogP contribution < -0.4 is 16.6 Å². The van der Waals surface area contributed by atoms with Gasteiger partial charge in [-0.2, -0.15) is 0 Å². The fourth-order valence-electron chi connectivity index (χ4n) is 2.32. The van der Waals surface area contributed by atoms with Crippen LogP contribution in [0.2, 0.25) is 0 Å². The van der Waals surface area contributed by atoms with Gasteiger partial charge in [-0.1, -0.05) is 37.3 Å². The highest BCUT2D eigenvalue weighted by atomic mass is 16.2. The fourth-order valence-corrected chi connectivity index (χ4v) is 2.32. The number of hydrogen-bond acceptors (Lipinski definition) is 4. The number of amides is 4. The van der Waals surface area contributed by atoms with E-state index in [1.54, 1.807) is 31.2 Å². The minimum absolute atomic E-state index is 0.391. The number of carbonyl (C=O) groups excluding carboxylic acids is 3. The second-order valence-electron chi connectivity index (χ2n) is 4.51. The number of nitrogens with one attached hydrogen (secondary N) is 2. The molecule has 1 saturated heterocycles. The van der Waals surface area contributed by atoms with Crippen LogP contribution >= 0.6 is 0 Å². The largest absolute Gasteiger partial charge is 0.325 e. The Bertz CT molecular complexity index is 546. The first-order valence-electron chi connectivity index (χ1n) is 6.24. The molecule has 1 aliphatic heterocycles. The van der Waals surface area contributed by atoms with Crippen LogP contribution in [0.4, 0.5) is 4.79 Å². The molecule has 0 spiro atoms. The lowest BCUT2D eigenvalue weighted by Crippen LogP contribution is -2.45. The van der Waals surface area contributed by atoms with Crippen LogP contribution in [0.25, 0.3) is 0 Å². The van der Waals surface area contributed by atoms with Crippen molar-refractivity contribution in [1.82, 2.24) is 15.6 Å². The SMILES string of the molecule is CCC1(c2ccccc2)NC(=O)N(CC(=O)NN)C1=O. The summed E-state index contributed by atoms with van der Waals surface area (Å²) in [4.78, 5) is 36.7. The number of imide groups is 1. The molecule has 1 aromatic rings. The summed E-state index contributed by atoms with van der Waals surface area (Å²) in [6.07, 6.45) is 0.391. The molecule has 1 atom stereocenters. The number of rotatable bonds is 4. The topological polar surface area (TPSA) is 105 Å². The van der Waals surface area contributed by atoms with Crippen LogP contribution in [0.5, 0.6) is 0 Å². The summed E-state index contributed by atoms with van der Waals surface area (Å²) in [5.74, 6) is 3.94. The molecule has 0 aliphatic carbocycles. The van der Waals surface area contributed by atoms with E-state index in [9.17, 15) is 14.4 Å². The van der Waals surface area contributed by atoms with Gasteiger partial charge in [-0.15, -0.1) is 0 Å². The lowest BCUT2D eigenvalue weighted by molar-refractivity contribution is -0.135. The molecule has 0 radical (unpaired) electrons. The average Bonchev–Trinajstić information content (AvgIpc) is 2.73. The maximum Gasteiger partial charge on any atom is 0.325 e. The lowest BCUT2D eigenvalue weighted by atomic mass is 9.87.